The van der Waals surface area contributed by atoms with Crippen LogP contribution in [-0.4, -0.2) is 45.5 Å². The second kappa shape index (κ2) is 7.23. The number of likely N-dealkylation sites (tertiary alicyclic amines) is 1. The fraction of sp³-hybridized carbons (Fsp3) is 0.500. The fourth-order valence-electron chi connectivity index (χ4n) is 2.68. The molecule has 2 aromatic heterocycles. The van der Waals surface area contributed by atoms with E-state index >= 15 is 0 Å². The molecule has 0 aromatic carbocycles. The van der Waals surface area contributed by atoms with Crippen LogP contribution < -0.4 is 10.1 Å². The van der Waals surface area contributed by atoms with Crippen molar-refractivity contribution in [2.75, 3.05) is 25.0 Å². The van der Waals surface area contributed by atoms with Crippen molar-refractivity contribution in [1.82, 2.24) is 19.9 Å². The third-order valence-corrected chi connectivity index (χ3v) is 4.56. The summed E-state index contributed by atoms with van der Waals surface area (Å²) in [4.78, 5) is 27.2. The van der Waals surface area contributed by atoms with Crippen LogP contribution in [0.2, 0.25) is 0 Å². The van der Waals surface area contributed by atoms with Crippen LogP contribution >= 0.6 is 11.3 Å². The second-order valence-corrected chi connectivity index (χ2v) is 7.19. The third-order valence-electron chi connectivity index (χ3n) is 3.66. The van der Waals surface area contributed by atoms with Gasteiger partial charge in [-0.1, -0.05) is 0 Å². The number of hydrogen-bond acceptors (Lipinski definition) is 7. The molecule has 24 heavy (non-hydrogen) atoms. The van der Waals surface area contributed by atoms with Gasteiger partial charge < -0.3 is 10.1 Å². The summed E-state index contributed by atoms with van der Waals surface area (Å²) >= 11 is 1.52. The van der Waals surface area contributed by atoms with Gasteiger partial charge in [0, 0.05) is 55.3 Å². The van der Waals surface area contributed by atoms with Gasteiger partial charge in [-0.15, -0.1) is 11.3 Å². The number of hydrogen-bond donors (Lipinski definition) is 1. The van der Waals surface area contributed by atoms with Crippen LogP contribution in [0.25, 0.3) is 0 Å². The minimum atomic E-state index is -0.0905. The van der Waals surface area contributed by atoms with Crippen LogP contribution in [0.3, 0.4) is 0 Å². The summed E-state index contributed by atoms with van der Waals surface area (Å²) in [6, 6.07) is 1.87. The molecule has 7 nitrogen and oxygen atoms in total. The number of thiazole rings is 1. The Balaban J connectivity index is 1.41. The van der Waals surface area contributed by atoms with Gasteiger partial charge in [-0.05, 0) is 13.8 Å². The Kier molecular flexibility index (Phi) is 5.06. The van der Waals surface area contributed by atoms with Crippen molar-refractivity contribution in [3.63, 3.8) is 0 Å². The van der Waals surface area contributed by atoms with Gasteiger partial charge in [0.05, 0.1) is 6.61 Å². The first-order valence-corrected chi connectivity index (χ1v) is 8.69. The zero-order chi connectivity index (χ0) is 17.1. The summed E-state index contributed by atoms with van der Waals surface area (Å²) < 4.78 is 5.78. The monoisotopic (exact) mass is 347 g/mol. The summed E-state index contributed by atoms with van der Waals surface area (Å²) in [5.41, 5.74) is 0.924. The lowest BCUT2D eigenvalue weighted by Gasteiger charge is -2.38. The molecule has 1 saturated heterocycles. The number of nitrogens with one attached hydrogen (secondary N) is 1. The maximum Gasteiger partial charge on any atom is 0.223 e. The molecule has 128 valence electrons. The molecule has 1 amide bonds. The average Bonchev–Trinajstić information content (AvgIpc) is 2.86. The summed E-state index contributed by atoms with van der Waals surface area (Å²) in [5, 5.41) is 3.37. The number of anilines is 1. The van der Waals surface area contributed by atoms with Crippen molar-refractivity contribution in [1.29, 1.82) is 0 Å². The van der Waals surface area contributed by atoms with Crippen molar-refractivity contribution in [2.45, 2.75) is 27.3 Å². The van der Waals surface area contributed by atoms with Gasteiger partial charge in [-0.3, -0.25) is 9.69 Å². The van der Waals surface area contributed by atoms with Gasteiger partial charge in [0.25, 0.3) is 0 Å². The minimum Gasteiger partial charge on any atom is -0.477 e. The molecule has 0 bridgehead atoms. The molecule has 3 rings (SSSR count). The smallest absolute Gasteiger partial charge is 0.223 e. The number of rotatable bonds is 6. The van der Waals surface area contributed by atoms with Crippen molar-refractivity contribution < 1.29 is 9.53 Å². The molecule has 0 atom stereocenters. The van der Waals surface area contributed by atoms with E-state index in [-0.39, 0.29) is 5.91 Å². The molecule has 3 heterocycles. The lowest BCUT2D eigenvalue weighted by Crippen LogP contribution is -2.48. The molecule has 1 N–H and O–H groups in total. The average molecular weight is 347 g/mol. The van der Waals surface area contributed by atoms with E-state index in [2.05, 4.69) is 25.2 Å². The Morgan fingerprint density at radius 2 is 2.21 bits per heavy atom. The van der Waals surface area contributed by atoms with Crippen molar-refractivity contribution >= 4 is 22.4 Å². The van der Waals surface area contributed by atoms with Gasteiger partial charge in [0.15, 0.2) is 5.13 Å². The number of nitrogens with zero attached hydrogens (tertiary/aromatic N) is 4. The molecular weight excluding hydrogens is 326 g/mol. The lowest BCUT2D eigenvalue weighted by molar-refractivity contribution is -0.114. The topological polar surface area (TPSA) is 80.2 Å². The summed E-state index contributed by atoms with van der Waals surface area (Å²) in [5.74, 6) is 1.82. The van der Waals surface area contributed by atoms with E-state index in [1.807, 2.05) is 26.1 Å². The SMILES string of the molecule is CC(=O)Nc1ncc(CN2CC(COc3cc(C)nc(C)n3)C2)s1. The van der Waals surface area contributed by atoms with Crippen LogP contribution in [0, 0.1) is 19.8 Å². The highest BCUT2D eigenvalue weighted by molar-refractivity contribution is 7.15. The molecule has 0 radical (unpaired) electrons. The van der Waals surface area contributed by atoms with Gasteiger partial charge in [-0.2, -0.15) is 4.98 Å². The van der Waals surface area contributed by atoms with E-state index in [4.69, 9.17) is 4.74 Å². The predicted octanol–water partition coefficient (Wildman–Crippen LogP) is 2.02. The normalized spacial score (nSPS) is 15.1. The highest BCUT2D eigenvalue weighted by Gasteiger charge is 2.27. The van der Waals surface area contributed by atoms with Crippen LogP contribution in [0.5, 0.6) is 5.88 Å². The lowest BCUT2D eigenvalue weighted by atomic mass is 10.0. The van der Waals surface area contributed by atoms with E-state index in [1.54, 1.807) is 0 Å². The fourth-order valence-corrected chi connectivity index (χ4v) is 3.58. The maximum atomic E-state index is 11.0. The predicted molar refractivity (Wildman–Crippen MR) is 92.2 cm³/mol. The molecule has 0 aliphatic carbocycles. The molecule has 0 spiro atoms. The molecular formula is C16H21N5O2S. The number of aromatic nitrogens is 3. The third kappa shape index (κ3) is 4.48. The van der Waals surface area contributed by atoms with E-state index in [1.165, 1.54) is 18.3 Å². The van der Waals surface area contributed by atoms with E-state index in [9.17, 15) is 4.79 Å². The van der Waals surface area contributed by atoms with Crippen molar-refractivity contribution in [2.24, 2.45) is 5.92 Å². The zero-order valence-corrected chi connectivity index (χ0v) is 14.9. The van der Waals surface area contributed by atoms with E-state index in [0.717, 1.165) is 36.0 Å². The quantitative estimate of drug-likeness (QED) is 0.861. The Bertz CT molecular complexity index is 707. The Hall–Kier alpha value is -2.06. The van der Waals surface area contributed by atoms with Crippen LogP contribution in [-0.2, 0) is 11.3 Å². The first kappa shape index (κ1) is 16.8. The minimum absolute atomic E-state index is 0.0905. The number of carbonyl (C=O) groups excluding carboxylic acids is 1. The summed E-state index contributed by atoms with van der Waals surface area (Å²) in [7, 11) is 0. The molecule has 1 aliphatic heterocycles. The summed E-state index contributed by atoms with van der Waals surface area (Å²) in [6.07, 6.45) is 1.83. The molecule has 0 saturated carbocycles. The van der Waals surface area contributed by atoms with E-state index in [0.29, 0.717) is 23.5 Å². The summed E-state index contributed by atoms with van der Waals surface area (Å²) in [6.45, 7) is 8.83. The van der Waals surface area contributed by atoms with Gasteiger partial charge in [0.1, 0.15) is 5.82 Å². The highest BCUT2D eigenvalue weighted by atomic mass is 32.1. The van der Waals surface area contributed by atoms with Gasteiger partial charge >= 0.3 is 0 Å². The molecule has 2 aromatic rings. The van der Waals surface area contributed by atoms with Crippen molar-refractivity contribution in [3.05, 3.63) is 28.7 Å². The Labute approximate surface area is 145 Å². The molecule has 8 heteroatoms. The second-order valence-electron chi connectivity index (χ2n) is 6.08. The zero-order valence-electron chi connectivity index (χ0n) is 14.1. The largest absolute Gasteiger partial charge is 0.477 e. The highest BCUT2D eigenvalue weighted by Crippen LogP contribution is 2.24. The standard InChI is InChI=1S/C16H21N5O2S/c1-10-4-15(19-11(2)18-10)23-9-13-6-21(7-13)8-14-5-17-16(24-14)20-12(3)22/h4-5,13H,6-9H2,1-3H3,(H,17,20,22). The molecule has 1 fully saturated rings. The first-order chi connectivity index (χ1) is 11.5. The number of ether oxygens (including phenoxy) is 1. The van der Waals surface area contributed by atoms with Crippen molar-refractivity contribution in [3.8, 4) is 5.88 Å². The number of carbonyl (C=O) groups is 1. The van der Waals surface area contributed by atoms with Crippen LogP contribution in [0.15, 0.2) is 12.3 Å². The molecule has 0 unspecified atom stereocenters. The van der Waals surface area contributed by atoms with E-state index < -0.39 is 0 Å². The Morgan fingerprint density at radius 3 is 2.92 bits per heavy atom. The number of aryl methyl sites for hydroxylation is 2. The van der Waals surface area contributed by atoms with Crippen LogP contribution in [0.1, 0.15) is 23.3 Å². The van der Waals surface area contributed by atoms with Gasteiger partial charge in [0.2, 0.25) is 11.8 Å². The van der Waals surface area contributed by atoms with Crippen LogP contribution in [0.4, 0.5) is 5.13 Å². The first-order valence-electron chi connectivity index (χ1n) is 7.87. The number of amides is 1. The Morgan fingerprint density at radius 1 is 1.42 bits per heavy atom. The molecule has 1 aliphatic rings. The maximum absolute atomic E-state index is 11.0. The van der Waals surface area contributed by atoms with Gasteiger partial charge in [-0.25, -0.2) is 9.97 Å².